The van der Waals surface area contributed by atoms with Crippen LogP contribution in [0.2, 0.25) is 5.02 Å². The van der Waals surface area contributed by atoms with Crippen molar-refractivity contribution in [3.8, 4) is 11.3 Å². The van der Waals surface area contributed by atoms with E-state index in [0.29, 0.717) is 22.0 Å². The SMILES string of the molecule is Cc1cc2ncn(CC(=O)CC(Cc3cc(F)cc(F)c3)c3ncoc3-c3ccc(Cl)cc3)c2cc1C. The van der Waals surface area contributed by atoms with Gasteiger partial charge in [-0.2, -0.15) is 0 Å². The Balaban J connectivity index is 1.46. The fourth-order valence-corrected chi connectivity index (χ4v) is 4.74. The number of imidazole rings is 1. The molecule has 5 rings (SSSR count). The van der Waals surface area contributed by atoms with E-state index in [9.17, 15) is 13.6 Å². The van der Waals surface area contributed by atoms with Gasteiger partial charge in [-0.1, -0.05) is 11.6 Å². The van der Waals surface area contributed by atoms with Crippen LogP contribution in [0, 0.1) is 25.5 Å². The molecule has 2 heterocycles. The zero-order valence-electron chi connectivity index (χ0n) is 20.3. The molecule has 0 saturated heterocycles. The van der Waals surface area contributed by atoms with Crippen molar-refractivity contribution in [1.29, 1.82) is 0 Å². The molecule has 3 aromatic carbocycles. The van der Waals surface area contributed by atoms with E-state index in [2.05, 4.69) is 9.97 Å². The van der Waals surface area contributed by atoms with Crippen LogP contribution < -0.4 is 0 Å². The molecule has 0 aliphatic rings. The minimum Gasteiger partial charge on any atom is -0.443 e. The number of fused-ring (bicyclic) bond motifs is 1. The average molecular weight is 520 g/mol. The molecule has 0 bridgehead atoms. The summed E-state index contributed by atoms with van der Waals surface area (Å²) in [5, 5.41) is 0.574. The minimum atomic E-state index is -0.672. The number of benzene rings is 3. The van der Waals surface area contributed by atoms with Crippen LogP contribution in [0.25, 0.3) is 22.4 Å². The number of carbonyl (C=O) groups is 1. The lowest BCUT2D eigenvalue weighted by atomic mass is 9.89. The molecular formula is C29H24ClF2N3O2. The lowest BCUT2D eigenvalue weighted by Gasteiger charge is -2.16. The molecule has 0 saturated carbocycles. The van der Waals surface area contributed by atoms with Gasteiger partial charge in [0.1, 0.15) is 11.6 Å². The maximum atomic E-state index is 14.0. The molecule has 0 N–H and O–H groups in total. The van der Waals surface area contributed by atoms with Crippen molar-refractivity contribution < 1.29 is 18.0 Å². The van der Waals surface area contributed by atoms with E-state index >= 15 is 0 Å². The molecule has 188 valence electrons. The molecule has 0 radical (unpaired) electrons. The second-order valence-electron chi connectivity index (χ2n) is 9.29. The van der Waals surface area contributed by atoms with E-state index in [1.54, 1.807) is 30.6 Å². The Labute approximate surface area is 217 Å². The van der Waals surface area contributed by atoms with Crippen LogP contribution in [0.3, 0.4) is 0 Å². The number of aromatic nitrogens is 3. The molecule has 1 atom stereocenters. The number of hydrogen-bond acceptors (Lipinski definition) is 4. The fraction of sp³-hybridized carbons (Fsp3) is 0.207. The number of halogens is 3. The Bertz CT molecular complexity index is 1570. The van der Waals surface area contributed by atoms with Gasteiger partial charge in [0.25, 0.3) is 0 Å². The standard InChI is InChI=1S/C29H24ClF2N3O2/c1-17-7-26-27(8-18(17)2)35(15-33-26)14-25(36)12-21(9-19-10-23(31)13-24(32)11-19)28-29(37-16-34-28)20-3-5-22(30)6-4-20/h3-8,10-11,13,15-16,21H,9,12,14H2,1-2H3. The van der Waals surface area contributed by atoms with Gasteiger partial charge in [-0.25, -0.2) is 18.7 Å². The van der Waals surface area contributed by atoms with E-state index in [0.717, 1.165) is 33.8 Å². The first-order chi connectivity index (χ1) is 17.8. The molecule has 0 spiro atoms. The normalized spacial score (nSPS) is 12.2. The van der Waals surface area contributed by atoms with Crippen LogP contribution in [0.15, 0.2) is 71.7 Å². The first-order valence-corrected chi connectivity index (χ1v) is 12.2. The second kappa shape index (κ2) is 10.3. The van der Waals surface area contributed by atoms with Gasteiger partial charge in [-0.05, 0) is 85.5 Å². The second-order valence-corrected chi connectivity index (χ2v) is 9.73. The van der Waals surface area contributed by atoms with Gasteiger partial charge in [0.05, 0.1) is 29.6 Å². The molecule has 0 amide bonds. The van der Waals surface area contributed by atoms with Gasteiger partial charge in [0.15, 0.2) is 17.9 Å². The van der Waals surface area contributed by atoms with Gasteiger partial charge in [0.2, 0.25) is 0 Å². The summed E-state index contributed by atoms with van der Waals surface area (Å²) in [5.74, 6) is -1.39. The lowest BCUT2D eigenvalue weighted by Crippen LogP contribution is -2.16. The maximum Gasteiger partial charge on any atom is 0.181 e. The van der Waals surface area contributed by atoms with Gasteiger partial charge in [-0.3, -0.25) is 4.79 Å². The highest BCUT2D eigenvalue weighted by Crippen LogP contribution is 2.34. The number of rotatable bonds is 8. The fourth-order valence-electron chi connectivity index (χ4n) is 4.61. The summed E-state index contributed by atoms with van der Waals surface area (Å²) < 4.78 is 35.4. The van der Waals surface area contributed by atoms with Gasteiger partial charge in [0, 0.05) is 29.0 Å². The highest BCUT2D eigenvalue weighted by molar-refractivity contribution is 6.30. The van der Waals surface area contributed by atoms with Gasteiger partial charge in [-0.15, -0.1) is 0 Å². The highest BCUT2D eigenvalue weighted by atomic mass is 35.5. The molecular weight excluding hydrogens is 496 g/mol. The third kappa shape index (κ3) is 5.47. The lowest BCUT2D eigenvalue weighted by molar-refractivity contribution is -0.120. The summed E-state index contributed by atoms with van der Waals surface area (Å²) in [7, 11) is 0. The zero-order chi connectivity index (χ0) is 26.1. The van der Waals surface area contributed by atoms with Crippen LogP contribution in [0.4, 0.5) is 8.78 Å². The smallest absolute Gasteiger partial charge is 0.181 e. The van der Waals surface area contributed by atoms with Crippen molar-refractivity contribution in [3.63, 3.8) is 0 Å². The Morgan fingerprint density at radius 2 is 1.70 bits per heavy atom. The zero-order valence-corrected chi connectivity index (χ0v) is 21.1. The monoisotopic (exact) mass is 519 g/mol. The molecule has 0 fully saturated rings. The number of aryl methyl sites for hydroxylation is 2. The molecule has 1 unspecified atom stereocenters. The third-order valence-electron chi connectivity index (χ3n) is 6.55. The van der Waals surface area contributed by atoms with Crippen LogP contribution in [-0.4, -0.2) is 20.3 Å². The number of hydrogen-bond donors (Lipinski definition) is 0. The molecule has 8 heteroatoms. The number of Topliss-reactive ketones (excluding diaryl/α,β-unsaturated/α-hetero) is 1. The Morgan fingerprint density at radius 1 is 1.00 bits per heavy atom. The van der Waals surface area contributed by atoms with Gasteiger partial charge < -0.3 is 8.98 Å². The van der Waals surface area contributed by atoms with E-state index in [1.165, 1.54) is 18.5 Å². The van der Waals surface area contributed by atoms with Crippen LogP contribution in [0.1, 0.15) is 34.7 Å². The number of oxazole rings is 1. The highest BCUT2D eigenvalue weighted by Gasteiger charge is 2.25. The minimum absolute atomic E-state index is 0.0653. The Morgan fingerprint density at radius 3 is 2.43 bits per heavy atom. The summed E-state index contributed by atoms with van der Waals surface area (Å²) in [6.45, 7) is 4.15. The summed E-state index contributed by atoms with van der Waals surface area (Å²) >= 11 is 6.04. The first-order valence-electron chi connectivity index (χ1n) is 11.8. The molecule has 0 aliphatic heterocycles. The summed E-state index contributed by atoms with van der Waals surface area (Å²) in [6.07, 6.45) is 3.28. The van der Waals surface area contributed by atoms with Crippen molar-refractivity contribution in [2.75, 3.05) is 0 Å². The topological polar surface area (TPSA) is 60.9 Å². The number of nitrogens with zero attached hydrogens (tertiary/aromatic N) is 3. The van der Waals surface area contributed by atoms with Crippen LogP contribution in [-0.2, 0) is 17.8 Å². The van der Waals surface area contributed by atoms with Crippen molar-refractivity contribution in [2.24, 2.45) is 0 Å². The van der Waals surface area contributed by atoms with Crippen LogP contribution >= 0.6 is 11.6 Å². The largest absolute Gasteiger partial charge is 0.443 e. The summed E-state index contributed by atoms with van der Waals surface area (Å²) in [4.78, 5) is 22.2. The number of ketones is 1. The van der Waals surface area contributed by atoms with Crippen molar-refractivity contribution >= 4 is 28.4 Å². The molecule has 0 aliphatic carbocycles. The first kappa shape index (κ1) is 24.8. The van der Waals surface area contributed by atoms with E-state index < -0.39 is 17.6 Å². The van der Waals surface area contributed by atoms with Crippen molar-refractivity contribution in [3.05, 3.63) is 106 Å². The molecule has 5 nitrogen and oxygen atoms in total. The van der Waals surface area contributed by atoms with Crippen LogP contribution in [0.5, 0.6) is 0 Å². The third-order valence-corrected chi connectivity index (χ3v) is 6.80. The molecule has 5 aromatic rings. The van der Waals surface area contributed by atoms with Crippen molar-refractivity contribution in [2.45, 2.75) is 39.2 Å². The maximum absolute atomic E-state index is 14.0. The quantitative estimate of drug-likeness (QED) is 0.217. The van der Waals surface area contributed by atoms with Gasteiger partial charge >= 0.3 is 0 Å². The number of carbonyl (C=O) groups excluding carboxylic acids is 1. The Hall–Kier alpha value is -3.84. The Kier molecular flexibility index (Phi) is 6.89. The molecule has 37 heavy (non-hydrogen) atoms. The molecule has 2 aromatic heterocycles. The van der Waals surface area contributed by atoms with Crippen molar-refractivity contribution in [1.82, 2.24) is 14.5 Å². The van der Waals surface area contributed by atoms with E-state index in [-0.39, 0.29) is 25.2 Å². The predicted molar refractivity (Wildman–Crippen MR) is 139 cm³/mol. The van der Waals surface area contributed by atoms with E-state index in [1.807, 2.05) is 30.5 Å². The van der Waals surface area contributed by atoms with E-state index in [4.69, 9.17) is 16.0 Å². The predicted octanol–water partition coefficient (Wildman–Crippen LogP) is 7.23. The average Bonchev–Trinajstić information content (AvgIpc) is 3.47. The summed E-state index contributed by atoms with van der Waals surface area (Å²) in [6, 6.07) is 14.5. The summed E-state index contributed by atoms with van der Waals surface area (Å²) in [5.41, 5.74) is 5.66.